The topological polar surface area (TPSA) is 14.8 Å². The maximum atomic E-state index is 2.54. The van der Waals surface area contributed by atoms with Gasteiger partial charge in [-0.1, -0.05) is 115 Å². The molecule has 49 heavy (non-hydrogen) atoms. The number of benzene rings is 8. The van der Waals surface area contributed by atoms with Gasteiger partial charge in [-0.15, -0.1) is 0 Å². The van der Waals surface area contributed by atoms with Gasteiger partial charge < -0.3 is 13.7 Å². The molecule has 0 unspecified atom stereocenters. The van der Waals surface area contributed by atoms with Crippen molar-refractivity contribution in [3.63, 3.8) is 0 Å². The molecular formula is C46H29N3. The molecule has 0 saturated carbocycles. The summed E-state index contributed by atoms with van der Waals surface area (Å²) in [7, 11) is 0. The number of aromatic nitrogens is 3. The van der Waals surface area contributed by atoms with Gasteiger partial charge >= 0.3 is 0 Å². The molecule has 3 nitrogen and oxygen atoms in total. The molecule has 0 saturated heterocycles. The fourth-order valence-corrected chi connectivity index (χ4v) is 8.39. The van der Waals surface area contributed by atoms with Crippen LogP contribution in [0.4, 0.5) is 0 Å². The van der Waals surface area contributed by atoms with E-state index in [0.29, 0.717) is 0 Å². The van der Waals surface area contributed by atoms with E-state index < -0.39 is 0 Å². The minimum Gasteiger partial charge on any atom is -0.309 e. The van der Waals surface area contributed by atoms with Crippen molar-refractivity contribution >= 4 is 76.2 Å². The van der Waals surface area contributed by atoms with Gasteiger partial charge in [0, 0.05) is 43.7 Å². The minimum absolute atomic E-state index is 1.16. The molecule has 3 heteroatoms. The first kappa shape index (κ1) is 26.5. The van der Waals surface area contributed by atoms with Gasteiger partial charge in [-0.25, -0.2) is 0 Å². The fourth-order valence-electron chi connectivity index (χ4n) is 8.39. The zero-order chi connectivity index (χ0) is 32.1. The summed E-state index contributed by atoms with van der Waals surface area (Å²) in [6, 6.07) is 64.2. The van der Waals surface area contributed by atoms with Crippen molar-refractivity contribution in [2.45, 2.75) is 0 Å². The summed E-state index contributed by atoms with van der Waals surface area (Å²) in [6.07, 6.45) is 0. The maximum Gasteiger partial charge on any atom is 0.0641 e. The van der Waals surface area contributed by atoms with Crippen LogP contribution in [0.3, 0.4) is 0 Å². The molecule has 0 spiro atoms. The van der Waals surface area contributed by atoms with Crippen LogP contribution < -0.4 is 0 Å². The second-order valence-electron chi connectivity index (χ2n) is 13.0. The molecule has 3 aromatic heterocycles. The van der Waals surface area contributed by atoms with Crippen LogP contribution >= 0.6 is 0 Å². The molecule has 0 amide bonds. The first-order chi connectivity index (χ1) is 24.3. The van der Waals surface area contributed by atoms with E-state index in [2.05, 4.69) is 190 Å². The van der Waals surface area contributed by atoms with Crippen LogP contribution in [0, 0.1) is 0 Å². The Kier molecular flexibility index (Phi) is 5.38. The number of hydrogen-bond acceptors (Lipinski definition) is 0. The average Bonchev–Trinajstić information content (AvgIpc) is 3.81. The molecule has 0 aliphatic heterocycles. The van der Waals surface area contributed by atoms with Crippen LogP contribution in [-0.4, -0.2) is 13.7 Å². The maximum absolute atomic E-state index is 2.54. The lowest BCUT2D eigenvalue weighted by molar-refractivity contribution is 1.17. The molecule has 0 aliphatic carbocycles. The van der Waals surface area contributed by atoms with Crippen LogP contribution in [0.1, 0.15) is 0 Å². The lowest BCUT2D eigenvalue weighted by Crippen LogP contribution is -1.97. The zero-order valence-electron chi connectivity index (χ0n) is 26.6. The second kappa shape index (κ2) is 9.96. The molecule has 11 aromatic rings. The molecule has 0 bridgehead atoms. The van der Waals surface area contributed by atoms with Crippen molar-refractivity contribution < 1.29 is 0 Å². The molecule has 0 atom stereocenters. The highest BCUT2D eigenvalue weighted by atomic mass is 15.0. The largest absolute Gasteiger partial charge is 0.309 e. The molecule has 11 rings (SSSR count). The van der Waals surface area contributed by atoms with Crippen molar-refractivity contribution in [1.82, 2.24) is 13.7 Å². The van der Waals surface area contributed by atoms with Crippen LogP contribution in [-0.2, 0) is 0 Å². The summed E-state index contributed by atoms with van der Waals surface area (Å²) in [5, 5.41) is 10.0. The Hall–Kier alpha value is -6.58. The average molecular weight is 624 g/mol. The summed E-state index contributed by atoms with van der Waals surface area (Å²) < 4.78 is 7.39. The Balaban J connectivity index is 1.32. The molecule has 0 aliphatic rings. The first-order valence-corrected chi connectivity index (χ1v) is 16.9. The zero-order valence-corrected chi connectivity index (χ0v) is 26.6. The lowest BCUT2D eigenvalue weighted by atomic mass is 10.1. The van der Waals surface area contributed by atoms with Crippen LogP contribution in [0.15, 0.2) is 176 Å². The van der Waals surface area contributed by atoms with E-state index in [1.807, 2.05) is 0 Å². The standard InChI is InChI=1S/C46H29N3/c1-2-15-32(16-3-1)47-40-22-11-8-19-37(40)45-43(47)28-27-35-34-17-6-9-20-38(34)49(46(35)45)42-24-12-23-41-44(42)36-18-7-10-21-39(36)48(41)33-26-25-30-13-4-5-14-31(30)29-33/h1-29H. The molecule has 228 valence electrons. The Labute approximate surface area is 282 Å². The Morgan fingerprint density at radius 3 is 1.63 bits per heavy atom. The third-order valence-corrected chi connectivity index (χ3v) is 10.4. The van der Waals surface area contributed by atoms with Crippen molar-refractivity contribution in [2.24, 2.45) is 0 Å². The normalized spacial score (nSPS) is 12.1. The van der Waals surface area contributed by atoms with Crippen molar-refractivity contribution in [3.8, 4) is 17.1 Å². The van der Waals surface area contributed by atoms with Crippen LogP contribution in [0.2, 0.25) is 0 Å². The minimum atomic E-state index is 1.16. The van der Waals surface area contributed by atoms with E-state index in [1.54, 1.807) is 0 Å². The van der Waals surface area contributed by atoms with Gasteiger partial charge in [-0.2, -0.15) is 0 Å². The number of para-hydroxylation sites is 4. The third kappa shape index (κ3) is 3.62. The molecule has 0 radical (unpaired) electrons. The quantitative estimate of drug-likeness (QED) is 0.186. The van der Waals surface area contributed by atoms with E-state index in [9.17, 15) is 0 Å². The van der Waals surface area contributed by atoms with Gasteiger partial charge in [0.1, 0.15) is 0 Å². The Bertz CT molecular complexity index is 3100. The highest BCUT2D eigenvalue weighted by molar-refractivity contribution is 6.27. The summed E-state index contributed by atoms with van der Waals surface area (Å²) in [4.78, 5) is 0. The smallest absolute Gasteiger partial charge is 0.0641 e. The summed E-state index contributed by atoms with van der Waals surface area (Å²) in [5.74, 6) is 0. The number of fused-ring (bicyclic) bond motifs is 11. The van der Waals surface area contributed by atoms with Crippen molar-refractivity contribution in [1.29, 1.82) is 0 Å². The van der Waals surface area contributed by atoms with Gasteiger partial charge in [0.2, 0.25) is 0 Å². The highest BCUT2D eigenvalue weighted by Crippen LogP contribution is 2.44. The fraction of sp³-hybridized carbons (Fsp3) is 0. The first-order valence-electron chi connectivity index (χ1n) is 16.9. The van der Waals surface area contributed by atoms with Gasteiger partial charge in [-0.3, -0.25) is 0 Å². The van der Waals surface area contributed by atoms with E-state index in [0.717, 1.165) is 11.4 Å². The highest BCUT2D eigenvalue weighted by Gasteiger charge is 2.23. The van der Waals surface area contributed by atoms with E-state index in [4.69, 9.17) is 0 Å². The van der Waals surface area contributed by atoms with Crippen LogP contribution in [0.25, 0.3) is 93.3 Å². The van der Waals surface area contributed by atoms with Gasteiger partial charge in [-0.05, 0) is 71.4 Å². The molecule has 0 N–H and O–H groups in total. The van der Waals surface area contributed by atoms with E-state index >= 15 is 0 Å². The number of hydrogen-bond donors (Lipinski definition) is 0. The van der Waals surface area contributed by atoms with Gasteiger partial charge in [0.05, 0.1) is 38.8 Å². The molecular weight excluding hydrogens is 595 g/mol. The van der Waals surface area contributed by atoms with Crippen LogP contribution in [0.5, 0.6) is 0 Å². The Morgan fingerprint density at radius 1 is 0.286 bits per heavy atom. The monoisotopic (exact) mass is 623 g/mol. The number of rotatable bonds is 3. The molecule has 8 aromatic carbocycles. The van der Waals surface area contributed by atoms with Crippen molar-refractivity contribution in [2.75, 3.05) is 0 Å². The number of nitrogens with zero attached hydrogens (tertiary/aromatic N) is 3. The van der Waals surface area contributed by atoms with E-state index in [-0.39, 0.29) is 0 Å². The molecule has 0 fully saturated rings. The summed E-state index contributed by atoms with van der Waals surface area (Å²) in [5.41, 5.74) is 10.8. The predicted octanol–water partition coefficient (Wildman–Crippen LogP) is 12.1. The summed E-state index contributed by atoms with van der Waals surface area (Å²) >= 11 is 0. The predicted molar refractivity (Wildman–Crippen MR) is 207 cm³/mol. The lowest BCUT2D eigenvalue weighted by Gasteiger charge is -2.13. The summed E-state index contributed by atoms with van der Waals surface area (Å²) in [6.45, 7) is 0. The van der Waals surface area contributed by atoms with Gasteiger partial charge in [0.15, 0.2) is 0 Å². The molecule has 3 heterocycles. The Morgan fingerprint density at radius 2 is 0.857 bits per heavy atom. The third-order valence-electron chi connectivity index (χ3n) is 10.4. The van der Waals surface area contributed by atoms with Crippen molar-refractivity contribution in [3.05, 3.63) is 176 Å². The van der Waals surface area contributed by atoms with E-state index in [1.165, 1.54) is 81.9 Å². The van der Waals surface area contributed by atoms with Gasteiger partial charge in [0.25, 0.3) is 0 Å². The second-order valence-corrected chi connectivity index (χ2v) is 13.0. The SMILES string of the molecule is c1ccc(-n2c3ccccc3c3c2ccc2c4ccccc4n(-c4cccc5c4c4ccccc4n5-c4ccc5ccccc5c4)c23)cc1.